The van der Waals surface area contributed by atoms with E-state index < -0.39 is 0 Å². The van der Waals surface area contributed by atoms with Gasteiger partial charge in [0.1, 0.15) is 11.5 Å². The van der Waals surface area contributed by atoms with Gasteiger partial charge in [-0.1, -0.05) is 0 Å². The molecule has 0 aliphatic rings. The van der Waals surface area contributed by atoms with Crippen LogP contribution in [0.2, 0.25) is 0 Å². The van der Waals surface area contributed by atoms with Crippen LogP contribution in [-0.2, 0) is 0 Å². The summed E-state index contributed by atoms with van der Waals surface area (Å²) in [5.74, 6) is 1.01. The van der Waals surface area contributed by atoms with E-state index in [1.165, 1.54) is 0 Å². The predicted molar refractivity (Wildman–Crippen MR) is 47.1 cm³/mol. The Morgan fingerprint density at radius 2 is 2.09 bits per heavy atom. The van der Waals surface area contributed by atoms with Gasteiger partial charge >= 0.3 is 0 Å². The Bertz CT molecular complexity index is 248. The van der Waals surface area contributed by atoms with Gasteiger partial charge in [0, 0.05) is 0 Å². The molecular formula is C8H9BrO2. The second-order valence-corrected chi connectivity index (χ2v) is 3.13. The molecule has 0 atom stereocenters. The molecule has 3 heteroatoms. The number of aromatic hydroxyl groups is 1. The first-order valence-electron chi connectivity index (χ1n) is 3.18. The van der Waals surface area contributed by atoms with Crippen LogP contribution in [0.25, 0.3) is 0 Å². The molecule has 0 aliphatic carbocycles. The van der Waals surface area contributed by atoms with E-state index >= 15 is 0 Å². The molecular weight excluding hydrogens is 208 g/mol. The molecule has 0 fully saturated rings. The number of hydrogen-bond donors (Lipinski definition) is 1. The standard InChI is InChI=1S/C8H9BrO2/c1-5-3-6(10)4-7(9)8(5)11-2/h3-4,10H,1-2H3. The Hall–Kier alpha value is -0.700. The summed E-state index contributed by atoms with van der Waals surface area (Å²) in [5, 5.41) is 9.13. The number of benzene rings is 1. The van der Waals surface area contributed by atoms with E-state index in [4.69, 9.17) is 9.84 Å². The smallest absolute Gasteiger partial charge is 0.136 e. The van der Waals surface area contributed by atoms with E-state index in [2.05, 4.69) is 15.9 Å². The van der Waals surface area contributed by atoms with E-state index in [1.54, 1.807) is 19.2 Å². The number of ether oxygens (including phenoxy) is 1. The molecule has 0 aliphatic heterocycles. The Morgan fingerprint density at radius 3 is 2.55 bits per heavy atom. The number of hydrogen-bond acceptors (Lipinski definition) is 2. The van der Waals surface area contributed by atoms with Crippen molar-refractivity contribution in [3.05, 3.63) is 22.2 Å². The van der Waals surface area contributed by atoms with Crippen molar-refractivity contribution in [3.63, 3.8) is 0 Å². The second-order valence-electron chi connectivity index (χ2n) is 2.28. The highest BCUT2D eigenvalue weighted by Crippen LogP contribution is 2.32. The fraction of sp³-hybridized carbons (Fsp3) is 0.250. The van der Waals surface area contributed by atoms with Crippen LogP contribution in [-0.4, -0.2) is 12.2 Å². The topological polar surface area (TPSA) is 29.5 Å². The lowest BCUT2D eigenvalue weighted by atomic mass is 10.2. The van der Waals surface area contributed by atoms with Crippen molar-refractivity contribution in [2.24, 2.45) is 0 Å². The maximum Gasteiger partial charge on any atom is 0.136 e. The van der Waals surface area contributed by atoms with E-state index in [0.717, 1.165) is 15.8 Å². The minimum Gasteiger partial charge on any atom is -0.508 e. The summed E-state index contributed by atoms with van der Waals surface area (Å²) in [7, 11) is 1.60. The van der Waals surface area contributed by atoms with Crippen molar-refractivity contribution in [3.8, 4) is 11.5 Å². The van der Waals surface area contributed by atoms with Gasteiger partial charge in [-0.25, -0.2) is 0 Å². The highest BCUT2D eigenvalue weighted by molar-refractivity contribution is 9.10. The minimum atomic E-state index is 0.246. The molecule has 1 rings (SSSR count). The summed E-state index contributed by atoms with van der Waals surface area (Å²) >= 11 is 3.27. The fourth-order valence-electron chi connectivity index (χ4n) is 0.971. The molecule has 0 unspecified atom stereocenters. The van der Waals surface area contributed by atoms with Crippen molar-refractivity contribution >= 4 is 15.9 Å². The molecule has 60 valence electrons. The lowest BCUT2D eigenvalue weighted by Crippen LogP contribution is -1.87. The third kappa shape index (κ3) is 1.66. The Morgan fingerprint density at radius 1 is 1.45 bits per heavy atom. The van der Waals surface area contributed by atoms with E-state index in [1.807, 2.05) is 6.92 Å². The van der Waals surface area contributed by atoms with E-state index in [9.17, 15) is 0 Å². The Labute approximate surface area is 73.9 Å². The quantitative estimate of drug-likeness (QED) is 0.782. The summed E-state index contributed by atoms with van der Waals surface area (Å²) in [6, 6.07) is 3.26. The normalized spacial score (nSPS) is 9.73. The molecule has 11 heavy (non-hydrogen) atoms. The monoisotopic (exact) mass is 216 g/mol. The molecule has 0 saturated heterocycles. The first-order valence-corrected chi connectivity index (χ1v) is 3.97. The third-order valence-corrected chi connectivity index (χ3v) is 2.01. The highest BCUT2D eigenvalue weighted by atomic mass is 79.9. The zero-order valence-electron chi connectivity index (χ0n) is 6.39. The zero-order chi connectivity index (χ0) is 8.43. The van der Waals surface area contributed by atoms with Gasteiger partial charge in [-0.2, -0.15) is 0 Å². The van der Waals surface area contributed by atoms with Crippen molar-refractivity contribution in [1.29, 1.82) is 0 Å². The van der Waals surface area contributed by atoms with Gasteiger partial charge in [-0.3, -0.25) is 0 Å². The van der Waals surface area contributed by atoms with Crippen molar-refractivity contribution in [2.75, 3.05) is 7.11 Å². The predicted octanol–water partition coefficient (Wildman–Crippen LogP) is 2.47. The number of methoxy groups -OCH3 is 1. The van der Waals surface area contributed by atoms with Gasteiger partial charge in [-0.15, -0.1) is 0 Å². The van der Waals surface area contributed by atoms with Crippen LogP contribution in [0.5, 0.6) is 11.5 Å². The van der Waals surface area contributed by atoms with Gasteiger partial charge in [-0.05, 0) is 40.5 Å². The molecule has 0 aromatic heterocycles. The van der Waals surface area contributed by atoms with E-state index in [0.29, 0.717) is 0 Å². The van der Waals surface area contributed by atoms with Crippen molar-refractivity contribution < 1.29 is 9.84 Å². The van der Waals surface area contributed by atoms with Gasteiger partial charge in [0.2, 0.25) is 0 Å². The Balaban J connectivity index is 3.25. The number of phenolic OH excluding ortho intramolecular Hbond substituents is 1. The highest BCUT2D eigenvalue weighted by Gasteiger charge is 2.04. The molecule has 0 saturated carbocycles. The largest absolute Gasteiger partial charge is 0.508 e. The number of phenols is 1. The summed E-state index contributed by atoms with van der Waals surface area (Å²) < 4.78 is 5.85. The van der Waals surface area contributed by atoms with E-state index in [-0.39, 0.29) is 5.75 Å². The summed E-state index contributed by atoms with van der Waals surface area (Å²) in [4.78, 5) is 0. The van der Waals surface area contributed by atoms with Gasteiger partial charge in [0.25, 0.3) is 0 Å². The summed E-state index contributed by atoms with van der Waals surface area (Å²) in [6.07, 6.45) is 0. The average Bonchev–Trinajstić information content (AvgIpc) is 1.85. The van der Waals surface area contributed by atoms with Crippen molar-refractivity contribution in [1.82, 2.24) is 0 Å². The van der Waals surface area contributed by atoms with Crippen LogP contribution in [0, 0.1) is 6.92 Å². The molecule has 0 heterocycles. The third-order valence-electron chi connectivity index (χ3n) is 1.42. The maximum absolute atomic E-state index is 9.13. The molecule has 2 nitrogen and oxygen atoms in total. The minimum absolute atomic E-state index is 0.246. The average molecular weight is 217 g/mol. The van der Waals surface area contributed by atoms with Crippen LogP contribution in [0.4, 0.5) is 0 Å². The van der Waals surface area contributed by atoms with Crippen LogP contribution in [0.15, 0.2) is 16.6 Å². The zero-order valence-corrected chi connectivity index (χ0v) is 7.97. The molecule has 0 amide bonds. The number of aryl methyl sites for hydroxylation is 1. The first kappa shape index (κ1) is 8.40. The number of halogens is 1. The first-order chi connectivity index (χ1) is 5.15. The fourth-order valence-corrected chi connectivity index (χ4v) is 1.68. The van der Waals surface area contributed by atoms with Crippen molar-refractivity contribution in [2.45, 2.75) is 6.92 Å². The van der Waals surface area contributed by atoms with Gasteiger partial charge in [0.05, 0.1) is 11.6 Å². The maximum atomic E-state index is 9.13. The molecule has 1 aromatic carbocycles. The van der Waals surface area contributed by atoms with Gasteiger partial charge < -0.3 is 9.84 Å². The molecule has 1 N–H and O–H groups in total. The lowest BCUT2D eigenvalue weighted by Gasteiger charge is -2.06. The van der Waals surface area contributed by atoms with Crippen LogP contribution >= 0.6 is 15.9 Å². The van der Waals surface area contributed by atoms with Crippen LogP contribution in [0.1, 0.15) is 5.56 Å². The summed E-state index contributed by atoms with van der Waals surface area (Å²) in [5.41, 5.74) is 0.916. The lowest BCUT2D eigenvalue weighted by molar-refractivity contribution is 0.406. The Kier molecular flexibility index (Phi) is 2.39. The molecule has 0 radical (unpaired) electrons. The molecule has 0 spiro atoms. The number of rotatable bonds is 1. The summed E-state index contributed by atoms with van der Waals surface area (Å²) in [6.45, 7) is 1.88. The van der Waals surface area contributed by atoms with Crippen LogP contribution < -0.4 is 4.74 Å². The van der Waals surface area contributed by atoms with Crippen LogP contribution in [0.3, 0.4) is 0 Å². The van der Waals surface area contributed by atoms with Gasteiger partial charge in [0.15, 0.2) is 0 Å². The SMILES string of the molecule is COc1c(C)cc(O)cc1Br. The molecule has 0 bridgehead atoms. The molecule has 1 aromatic rings. The second kappa shape index (κ2) is 3.13.